The van der Waals surface area contributed by atoms with Crippen LogP contribution in [0, 0.1) is 11.3 Å². The Bertz CT molecular complexity index is 632. The molecule has 1 aromatic heterocycles. The largest absolute Gasteiger partial charge is 0.377 e. The van der Waals surface area contributed by atoms with Gasteiger partial charge >= 0.3 is 0 Å². The maximum atomic E-state index is 5.87. The van der Waals surface area contributed by atoms with Crippen molar-refractivity contribution < 1.29 is 4.74 Å². The number of fused-ring (bicyclic) bond motifs is 1. The first-order valence-electron chi connectivity index (χ1n) is 9.27. The number of rotatable bonds is 4. The van der Waals surface area contributed by atoms with Crippen molar-refractivity contribution in [2.24, 2.45) is 16.3 Å². The Morgan fingerprint density at radius 2 is 2.20 bits per heavy atom. The molecular weight excluding hydrogens is 332 g/mol. The van der Waals surface area contributed by atoms with Crippen molar-refractivity contribution in [1.29, 1.82) is 0 Å². The molecule has 2 N–H and O–H groups in total. The molecule has 1 aromatic rings. The minimum absolute atomic E-state index is 0.121. The third-order valence-electron chi connectivity index (χ3n) is 5.57. The van der Waals surface area contributed by atoms with E-state index >= 15 is 0 Å². The number of aliphatic imine (C=N–C) groups is 1. The van der Waals surface area contributed by atoms with Crippen LogP contribution in [0.1, 0.15) is 51.7 Å². The van der Waals surface area contributed by atoms with Gasteiger partial charge in [0.25, 0.3) is 0 Å². The molecule has 5 nitrogen and oxygen atoms in total. The van der Waals surface area contributed by atoms with E-state index in [2.05, 4.69) is 55.6 Å². The van der Waals surface area contributed by atoms with E-state index in [0.29, 0.717) is 18.1 Å². The molecule has 0 radical (unpaired) electrons. The van der Waals surface area contributed by atoms with Gasteiger partial charge in [-0.25, -0.2) is 4.98 Å². The van der Waals surface area contributed by atoms with Gasteiger partial charge in [0.2, 0.25) is 0 Å². The van der Waals surface area contributed by atoms with Crippen LogP contribution in [0.3, 0.4) is 0 Å². The summed E-state index contributed by atoms with van der Waals surface area (Å²) in [5, 5.41) is 10.4. The summed E-state index contributed by atoms with van der Waals surface area (Å²) in [5.74, 6) is 1.50. The Morgan fingerprint density at radius 3 is 2.84 bits per heavy atom. The first-order valence-corrected chi connectivity index (χ1v) is 10.1. The molecule has 6 heteroatoms. The van der Waals surface area contributed by atoms with Gasteiger partial charge in [-0.2, -0.15) is 0 Å². The molecule has 3 unspecified atom stereocenters. The van der Waals surface area contributed by atoms with Crippen molar-refractivity contribution >= 4 is 17.3 Å². The van der Waals surface area contributed by atoms with Crippen LogP contribution in [0.25, 0.3) is 0 Å². The molecule has 3 rings (SSSR count). The number of thiazole rings is 1. The van der Waals surface area contributed by atoms with E-state index in [1.165, 1.54) is 10.7 Å². The van der Waals surface area contributed by atoms with Gasteiger partial charge in [0.15, 0.2) is 5.96 Å². The van der Waals surface area contributed by atoms with E-state index in [1.54, 1.807) is 11.3 Å². The average Bonchev–Trinajstić information content (AvgIpc) is 3.18. The summed E-state index contributed by atoms with van der Waals surface area (Å²) >= 11 is 1.75. The highest BCUT2D eigenvalue weighted by atomic mass is 32.1. The predicted octanol–water partition coefficient (Wildman–Crippen LogP) is 2.96. The fourth-order valence-electron chi connectivity index (χ4n) is 4.02. The molecule has 3 atom stereocenters. The Hall–Kier alpha value is -1.14. The molecule has 0 amide bonds. The van der Waals surface area contributed by atoms with Gasteiger partial charge in [0.1, 0.15) is 0 Å². The second kappa shape index (κ2) is 6.88. The Morgan fingerprint density at radius 1 is 1.44 bits per heavy atom. The summed E-state index contributed by atoms with van der Waals surface area (Å²) in [6.07, 6.45) is 2.47. The van der Waals surface area contributed by atoms with Crippen LogP contribution in [0.4, 0.5) is 0 Å². The number of nitrogens with one attached hydrogen (secondary N) is 2. The summed E-state index contributed by atoms with van der Waals surface area (Å²) in [4.78, 5) is 9.16. The summed E-state index contributed by atoms with van der Waals surface area (Å²) < 4.78 is 5.87. The Balaban J connectivity index is 1.49. The Kier molecular flexibility index (Phi) is 5.13. The maximum absolute atomic E-state index is 5.87. The van der Waals surface area contributed by atoms with Crippen LogP contribution in [0.5, 0.6) is 0 Å². The molecular formula is C19H32N4OS. The van der Waals surface area contributed by atoms with Crippen molar-refractivity contribution in [3.05, 3.63) is 16.1 Å². The van der Waals surface area contributed by atoms with Gasteiger partial charge in [-0.15, -0.1) is 11.3 Å². The van der Waals surface area contributed by atoms with Crippen LogP contribution in [-0.4, -0.2) is 43.3 Å². The van der Waals surface area contributed by atoms with Crippen molar-refractivity contribution in [2.45, 2.75) is 65.0 Å². The lowest BCUT2D eigenvalue weighted by Gasteiger charge is -2.54. The highest BCUT2D eigenvalue weighted by Gasteiger charge is 2.59. The summed E-state index contributed by atoms with van der Waals surface area (Å²) in [5.41, 5.74) is 1.46. The topological polar surface area (TPSA) is 58.5 Å². The molecule has 1 aliphatic carbocycles. The van der Waals surface area contributed by atoms with Gasteiger partial charge in [-0.1, -0.05) is 34.6 Å². The van der Waals surface area contributed by atoms with E-state index in [9.17, 15) is 0 Å². The lowest BCUT2D eigenvalue weighted by molar-refractivity contribution is -0.106. The maximum Gasteiger partial charge on any atom is 0.191 e. The molecule has 25 heavy (non-hydrogen) atoms. The second-order valence-electron chi connectivity index (χ2n) is 8.81. The van der Waals surface area contributed by atoms with Gasteiger partial charge < -0.3 is 15.4 Å². The molecule has 140 valence electrons. The van der Waals surface area contributed by atoms with Crippen LogP contribution in [0.2, 0.25) is 0 Å². The van der Waals surface area contributed by atoms with E-state index in [1.807, 2.05) is 7.05 Å². The molecule has 2 aliphatic rings. The lowest BCUT2D eigenvalue weighted by atomic mass is 9.57. The van der Waals surface area contributed by atoms with E-state index in [-0.39, 0.29) is 10.8 Å². The van der Waals surface area contributed by atoms with Gasteiger partial charge in [0.05, 0.1) is 16.8 Å². The van der Waals surface area contributed by atoms with Crippen LogP contribution < -0.4 is 10.6 Å². The predicted molar refractivity (Wildman–Crippen MR) is 104 cm³/mol. The van der Waals surface area contributed by atoms with E-state index in [4.69, 9.17) is 9.72 Å². The van der Waals surface area contributed by atoms with Crippen molar-refractivity contribution in [3.8, 4) is 0 Å². The third kappa shape index (κ3) is 3.70. The van der Waals surface area contributed by atoms with Crippen molar-refractivity contribution in [3.63, 3.8) is 0 Å². The highest BCUT2D eigenvalue weighted by molar-refractivity contribution is 7.09. The number of nitrogens with zero attached hydrogens (tertiary/aromatic N) is 2. The monoisotopic (exact) mass is 364 g/mol. The summed E-state index contributed by atoms with van der Waals surface area (Å²) in [6, 6.07) is 0.429. The zero-order valence-electron chi connectivity index (χ0n) is 16.3. The molecule has 1 aliphatic heterocycles. The van der Waals surface area contributed by atoms with Crippen LogP contribution >= 0.6 is 11.3 Å². The highest BCUT2D eigenvalue weighted by Crippen LogP contribution is 2.52. The molecule has 1 saturated heterocycles. The number of aromatic nitrogens is 1. The fourth-order valence-corrected chi connectivity index (χ4v) is 5.04. The minimum Gasteiger partial charge on any atom is -0.377 e. The normalized spacial score (nSPS) is 28.4. The lowest BCUT2D eigenvalue weighted by Crippen LogP contribution is -2.68. The first kappa shape index (κ1) is 18.6. The molecule has 0 bridgehead atoms. The molecule has 1 saturated carbocycles. The van der Waals surface area contributed by atoms with Gasteiger partial charge in [0, 0.05) is 54.8 Å². The van der Waals surface area contributed by atoms with E-state index in [0.717, 1.165) is 32.0 Å². The number of guanidine groups is 1. The molecule has 0 spiro atoms. The first-order chi connectivity index (χ1) is 11.7. The second-order valence-corrected chi connectivity index (χ2v) is 9.76. The average molecular weight is 365 g/mol. The van der Waals surface area contributed by atoms with Crippen LogP contribution in [-0.2, 0) is 16.6 Å². The summed E-state index contributed by atoms with van der Waals surface area (Å²) in [6.45, 7) is 12.9. The van der Waals surface area contributed by atoms with Gasteiger partial charge in [-0.05, 0) is 6.42 Å². The van der Waals surface area contributed by atoms with Gasteiger partial charge in [-0.3, -0.25) is 4.99 Å². The van der Waals surface area contributed by atoms with E-state index < -0.39 is 0 Å². The minimum atomic E-state index is 0.121. The molecule has 2 heterocycles. The fraction of sp³-hybridized carbons (Fsp3) is 0.789. The number of ether oxygens (including phenoxy) is 1. The smallest absolute Gasteiger partial charge is 0.191 e. The summed E-state index contributed by atoms with van der Waals surface area (Å²) in [7, 11) is 1.84. The zero-order chi connectivity index (χ0) is 18.2. The van der Waals surface area contributed by atoms with Crippen molar-refractivity contribution in [1.82, 2.24) is 15.6 Å². The standard InChI is InChI=1S/C19H32N4OS/c1-18(2,3)13-11-25-14(22-13)7-9-21-17(20-6)23-15-12-8-10-24-16(12)19(15,4)5/h11-12,15-16H,7-10H2,1-6H3,(H2,20,21,23). The third-order valence-corrected chi connectivity index (χ3v) is 6.48. The quantitative estimate of drug-likeness (QED) is 0.637. The van der Waals surface area contributed by atoms with Crippen LogP contribution in [0.15, 0.2) is 10.4 Å². The molecule has 2 fully saturated rings. The molecule has 0 aromatic carbocycles. The SMILES string of the molecule is CN=C(NCCc1nc(C(C)(C)C)cs1)NC1C2CCOC2C1(C)C. The zero-order valence-corrected chi connectivity index (χ0v) is 17.2. The number of hydrogen-bond donors (Lipinski definition) is 2. The Labute approximate surface area is 155 Å². The number of hydrogen-bond acceptors (Lipinski definition) is 4. The van der Waals surface area contributed by atoms with Crippen molar-refractivity contribution in [2.75, 3.05) is 20.2 Å².